The lowest BCUT2D eigenvalue weighted by Crippen LogP contribution is -2.27. The fourth-order valence-corrected chi connectivity index (χ4v) is 2.61. The maximum absolute atomic E-state index is 12.5. The van der Waals surface area contributed by atoms with Gasteiger partial charge < -0.3 is 10.2 Å². The maximum Gasteiger partial charge on any atom is 0.258 e. The second-order valence-electron chi connectivity index (χ2n) is 4.98. The highest BCUT2D eigenvalue weighted by Crippen LogP contribution is 2.29. The van der Waals surface area contributed by atoms with Crippen LogP contribution in [0.4, 0.5) is 11.5 Å². The molecule has 1 fully saturated rings. The van der Waals surface area contributed by atoms with Crippen molar-refractivity contribution >= 4 is 34.9 Å². The Morgan fingerprint density at radius 2 is 2.14 bits per heavy atom. The molecule has 3 rings (SSSR count). The number of halogens is 1. The Balaban J connectivity index is 1.93. The normalized spacial score (nSPS) is 14.2. The van der Waals surface area contributed by atoms with Gasteiger partial charge in [-0.3, -0.25) is 9.59 Å². The van der Waals surface area contributed by atoms with Crippen LogP contribution in [0.25, 0.3) is 0 Å². The van der Waals surface area contributed by atoms with E-state index in [1.807, 2.05) is 0 Å². The molecule has 1 aliphatic rings. The molecule has 112 valence electrons. The lowest BCUT2D eigenvalue weighted by molar-refractivity contribution is -0.117. The van der Waals surface area contributed by atoms with Crippen molar-refractivity contribution in [2.45, 2.75) is 12.8 Å². The summed E-state index contributed by atoms with van der Waals surface area (Å²) < 4.78 is 0. The highest BCUT2D eigenvalue weighted by molar-refractivity contribution is 6.31. The lowest BCUT2D eigenvalue weighted by atomic mass is 10.1. The van der Waals surface area contributed by atoms with Crippen LogP contribution in [-0.4, -0.2) is 23.3 Å². The zero-order chi connectivity index (χ0) is 15.5. The third-order valence-corrected chi connectivity index (χ3v) is 3.71. The van der Waals surface area contributed by atoms with Gasteiger partial charge in [-0.25, -0.2) is 4.98 Å². The fraction of sp³-hybridized carbons (Fsp3) is 0.188. The molecule has 1 N–H and O–H groups in total. The van der Waals surface area contributed by atoms with E-state index in [1.54, 1.807) is 47.5 Å². The molecule has 1 aromatic heterocycles. The minimum absolute atomic E-state index is 0.00847. The van der Waals surface area contributed by atoms with Gasteiger partial charge in [0.25, 0.3) is 5.91 Å². The van der Waals surface area contributed by atoms with Gasteiger partial charge in [0.1, 0.15) is 5.82 Å². The minimum Gasteiger partial charge on any atom is -0.312 e. The van der Waals surface area contributed by atoms with Crippen LogP contribution in [0.1, 0.15) is 23.2 Å². The number of pyridine rings is 1. The van der Waals surface area contributed by atoms with Gasteiger partial charge in [0.2, 0.25) is 5.91 Å². The van der Waals surface area contributed by atoms with Gasteiger partial charge in [-0.05, 0) is 36.8 Å². The van der Waals surface area contributed by atoms with Crippen molar-refractivity contribution in [1.82, 2.24) is 4.98 Å². The Bertz CT molecular complexity index is 719. The van der Waals surface area contributed by atoms with Gasteiger partial charge in [-0.2, -0.15) is 0 Å². The number of benzene rings is 1. The predicted molar refractivity (Wildman–Crippen MR) is 85.2 cm³/mol. The van der Waals surface area contributed by atoms with Crippen molar-refractivity contribution in [3.05, 3.63) is 53.2 Å². The summed E-state index contributed by atoms with van der Waals surface area (Å²) in [5.41, 5.74) is 0.953. The van der Waals surface area contributed by atoms with Gasteiger partial charge in [-0.15, -0.1) is 0 Å². The van der Waals surface area contributed by atoms with Crippen molar-refractivity contribution in [3.8, 4) is 0 Å². The van der Waals surface area contributed by atoms with E-state index in [0.29, 0.717) is 35.1 Å². The summed E-state index contributed by atoms with van der Waals surface area (Å²) in [6.45, 7) is 0.600. The molecule has 0 radical (unpaired) electrons. The highest BCUT2D eigenvalue weighted by Gasteiger charge is 2.26. The fourth-order valence-electron chi connectivity index (χ4n) is 2.44. The zero-order valence-electron chi connectivity index (χ0n) is 11.8. The van der Waals surface area contributed by atoms with Crippen molar-refractivity contribution in [3.63, 3.8) is 0 Å². The number of rotatable bonds is 3. The molecule has 5 nitrogen and oxygen atoms in total. The summed E-state index contributed by atoms with van der Waals surface area (Å²) in [4.78, 5) is 30.1. The second kappa shape index (κ2) is 6.15. The molecule has 1 aliphatic heterocycles. The van der Waals surface area contributed by atoms with Crippen LogP contribution >= 0.6 is 11.6 Å². The first-order valence-corrected chi connectivity index (χ1v) is 7.35. The van der Waals surface area contributed by atoms with Gasteiger partial charge in [0.15, 0.2) is 0 Å². The Morgan fingerprint density at radius 3 is 2.82 bits per heavy atom. The van der Waals surface area contributed by atoms with Gasteiger partial charge in [0, 0.05) is 24.2 Å². The molecule has 22 heavy (non-hydrogen) atoms. The van der Waals surface area contributed by atoms with Gasteiger partial charge in [-0.1, -0.05) is 17.7 Å². The third kappa shape index (κ3) is 2.94. The van der Waals surface area contributed by atoms with Crippen LogP contribution in [0.15, 0.2) is 42.6 Å². The maximum atomic E-state index is 12.5. The van der Waals surface area contributed by atoms with E-state index in [1.165, 1.54) is 0 Å². The molecule has 0 saturated carbocycles. The average molecular weight is 316 g/mol. The first-order chi connectivity index (χ1) is 10.6. The Morgan fingerprint density at radius 1 is 1.27 bits per heavy atom. The smallest absolute Gasteiger partial charge is 0.258 e. The highest BCUT2D eigenvalue weighted by atomic mass is 35.5. The SMILES string of the molecule is O=C(Nc1ccccn1)c1ccc(Cl)cc1N1CCCC1=O. The van der Waals surface area contributed by atoms with Gasteiger partial charge in [0.05, 0.1) is 11.3 Å². The van der Waals surface area contributed by atoms with E-state index in [0.717, 1.165) is 6.42 Å². The molecule has 0 bridgehead atoms. The van der Waals surface area contributed by atoms with Crippen LogP contribution in [0.3, 0.4) is 0 Å². The van der Waals surface area contributed by atoms with Crippen LogP contribution in [0.2, 0.25) is 5.02 Å². The first kappa shape index (κ1) is 14.5. The number of hydrogen-bond acceptors (Lipinski definition) is 3. The van der Waals surface area contributed by atoms with Crippen LogP contribution < -0.4 is 10.2 Å². The molecule has 0 spiro atoms. The summed E-state index contributed by atoms with van der Waals surface area (Å²) in [5.74, 6) is 0.153. The number of nitrogens with zero attached hydrogens (tertiary/aromatic N) is 2. The van der Waals surface area contributed by atoms with E-state index in [2.05, 4.69) is 10.3 Å². The summed E-state index contributed by atoms with van der Waals surface area (Å²) >= 11 is 6.03. The lowest BCUT2D eigenvalue weighted by Gasteiger charge is -2.19. The molecule has 1 saturated heterocycles. The summed E-state index contributed by atoms with van der Waals surface area (Å²) in [5, 5.41) is 3.22. The summed E-state index contributed by atoms with van der Waals surface area (Å²) in [6.07, 6.45) is 2.88. The number of anilines is 2. The molecular formula is C16H14ClN3O2. The Labute approximate surface area is 132 Å². The second-order valence-corrected chi connectivity index (χ2v) is 5.42. The van der Waals surface area contributed by atoms with E-state index < -0.39 is 0 Å². The molecule has 0 atom stereocenters. The zero-order valence-corrected chi connectivity index (χ0v) is 12.5. The molecule has 2 heterocycles. The van der Waals surface area contributed by atoms with E-state index in [-0.39, 0.29) is 11.8 Å². The summed E-state index contributed by atoms with van der Waals surface area (Å²) in [6, 6.07) is 10.2. The monoisotopic (exact) mass is 315 g/mol. The number of hydrogen-bond donors (Lipinski definition) is 1. The Hall–Kier alpha value is -2.40. The molecule has 0 unspecified atom stereocenters. The molecule has 0 aliphatic carbocycles. The van der Waals surface area contributed by atoms with Crippen LogP contribution in [0.5, 0.6) is 0 Å². The van der Waals surface area contributed by atoms with Crippen molar-refractivity contribution in [2.75, 3.05) is 16.8 Å². The van der Waals surface area contributed by atoms with Crippen molar-refractivity contribution in [2.24, 2.45) is 0 Å². The summed E-state index contributed by atoms with van der Waals surface area (Å²) in [7, 11) is 0. The number of amides is 2. The van der Waals surface area contributed by atoms with Crippen molar-refractivity contribution < 1.29 is 9.59 Å². The topological polar surface area (TPSA) is 62.3 Å². The number of carbonyl (C=O) groups is 2. The third-order valence-electron chi connectivity index (χ3n) is 3.48. The van der Waals surface area contributed by atoms with Crippen LogP contribution in [0, 0.1) is 0 Å². The van der Waals surface area contributed by atoms with E-state index >= 15 is 0 Å². The van der Waals surface area contributed by atoms with Crippen molar-refractivity contribution in [1.29, 1.82) is 0 Å². The number of nitrogens with one attached hydrogen (secondary N) is 1. The van der Waals surface area contributed by atoms with Crippen LogP contribution in [-0.2, 0) is 4.79 Å². The molecule has 2 amide bonds. The first-order valence-electron chi connectivity index (χ1n) is 6.97. The standard InChI is InChI=1S/C16H14ClN3O2/c17-11-6-7-12(13(10-11)20-9-3-5-15(20)21)16(22)19-14-4-1-2-8-18-14/h1-2,4,6-8,10H,3,5,9H2,(H,18,19,22). The van der Waals surface area contributed by atoms with E-state index in [9.17, 15) is 9.59 Å². The quantitative estimate of drug-likeness (QED) is 0.946. The minimum atomic E-state index is -0.315. The molecule has 2 aromatic rings. The number of aromatic nitrogens is 1. The largest absolute Gasteiger partial charge is 0.312 e. The average Bonchev–Trinajstić information content (AvgIpc) is 2.94. The molecule has 1 aromatic carbocycles. The molecular weight excluding hydrogens is 302 g/mol. The Kier molecular flexibility index (Phi) is 4.06. The molecule has 6 heteroatoms. The van der Waals surface area contributed by atoms with Gasteiger partial charge >= 0.3 is 0 Å². The van der Waals surface area contributed by atoms with E-state index in [4.69, 9.17) is 11.6 Å². The predicted octanol–water partition coefficient (Wildman–Crippen LogP) is 3.11. The number of carbonyl (C=O) groups excluding carboxylic acids is 2.